The van der Waals surface area contributed by atoms with Crippen molar-refractivity contribution in [2.24, 2.45) is 0 Å². The molecule has 0 bridgehead atoms. The van der Waals surface area contributed by atoms with Gasteiger partial charge in [-0.2, -0.15) is 0 Å². The Bertz CT molecular complexity index is 486. The molecule has 5 nitrogen and oxygen atoms in total. The second-order valence-corrected chi connectivity index (χ2v) is 5.34. The van der Waals surface area contributed by atoms with Crippen LogP contribution in [0.3, 0.4) is 0 Å². The molecule has 1 aromatic rings. The summed E-state index contributed by atoms with van der Waals surface area (Å²) < 4.78 is 10.6. The van der Waals surface area contributed by atoms with Gasteiger partial charge in [-0.15, -0.1) is 0 Å². The zero-order valence-corrected chi connectivity index (χ0v) is 11.1. The molecule has 0 aromatic heterocycles. The summed E-state index contributed by atoms with van der Waals surface area (Å²) in [4.78, 5) is 12.9. The van der Waals surface area contributed by atoms with E-state index in [0.29, 0.717) is 19.4 Å². The largest absolute Gasteiger partial charge is 0.454 e. The van der Waals surface area contributed by atoms with E-state index in [4.69, 9.17) is 9.47 Å². The van der Waals surface area contributed by atoms with Gasteiger partial charge in [0.1, 0.15) is 6.54 Å². The van der Waals surface area contributed by atoms with Crippen molar-refractivity contribution in [3.8, 4) is 11.5 Å². The van der Waals surface area contributed by atoms with Crippen LogP contribution in [0.25, 0.3) is 0 Å². The van der Waals surface area contributed by atoms with E-state index in [2.05, 4.69) is 5.32 Å². The maximum Gasteiger partial charge on any atom is 0.275 e. The van der Waals surface area contributed by atoms with Gasteiger partial charge in [0.25, 0.3) is 5.91 Å². The zero-order valence-electron chi connectivity index (χ0n) is 11.1. The molecule has 1 aromatic carbocycles. The van der Waals surface area contributed by atoms with Crippen molar-refractivity contribution in [2.75, 3.05) is 20.4 Å². The van der Waals surface area contributed by atoms with Crippen LogP contribution in [-0.4, -0.2) is 32.3 Å². The van der Waals surface area contributed by atoms with Gasteiger partial charge in [-0.1, -0.05) is 0 Å². The van der Waals surface area contributed by atoms with E-state index in [-0.39, 0.29) is 5.91 Å². The molecule has 0 spiro atoms. The number of hydrogen-bond acceptors (Lipinski definition) is 3. The number of amides is 1. The van der Waals surface area contributed by atoms with Crippen molar-refractivity contribution in [3.05, 3.63) is 23.8 Å². The number of carbonyl (C=O) groups is 1. The topological polar surface area (TPSA) is 52.0 Å². The third-order valence-corrected chi connectivity index (χ3v) is 3.35. The molecule has 2 aliphatic rings. The van der Waals surface area contributed by atoms with Crippen LogP contribution in [0.2, 0.25) is 0 Å². The van der Waals surface area contributed by atoms with Crippen LogP contribution in [-0.2, 0) is 11.3 Å². The molecule has 5 heteroatoms. The van der Waals surface area contributed by atoms with Gasteiger partial charge in [0.2, 0.25) is 6.79 Å². The molecule has 102 valence electrons. The highest BCUT2D eigenvalue weighted by atomic mass is 16.7. The average Bonchev–Trinajstić information content (AvgIpc) is 3.04. The first-order valence-electron chi connectivity index (χ1n) is 6.70. The van der Waals surface area contributed by atoms with Gasteiger partial charge in [-0.25, -0.2) is 0 Å². The molecule has 1 aliphatic heterocycles. The number of carbonyl (C=O) groups excluding carboxylic acids is 1. The molecule has 1 heterocycles. The Morgan fingerprint density at radius 3 is 2.95 bits per heavy atom. The fourth-order valence-electron chi connectivity index (χ4n) is 2.24. The van der Waals surface area contributed by atoms with Crippen LogP contribution < -0.4 is 19.7 Å². The molecule has 19 heavy (non-hydrogen) atoms. The Morgan fingerprint density at radius 2 is 2.16 bits per heavy atom. The average molecular weight is 263 g/mol. The number of quaternary nitrogens is 1. The van der Waals surface area contributed by atoms with Crippen LogP contribution in [0, 0.1) is 0 Å². The van der Waals surface area contributed by atoms with E-state index in [1.54, 1.807) is 0 Å². The van der Waals surface area contributed by atoms with Gasteiger partial charge in [0, 0.05) is 11.6 Å². The maximum absolute atomic E-state index is 11.7. The molecular weight excluding hydrogens is 244 g/mol. The molecule has 1 amide bonds. The number of likely N-dealkylation sites (N-methyl/N-ethyl adjacent to an activating group) is 1. The second-order valence-electron chi connectivity index (χ2n) is 5.34. The predicted molar refractivity (Wildman–Crippen MR) is 69.2 cm³/mol. The van der Waals surface area contributed by atoms with Gasteiger partial charge >= 0.3 is 0 Å². The van der Waals surface area contributed by atoms with Crippen LogP contribution in [0.5, 0.6) is 11.5 Å². The summed E-state index contributed by atoms with van der Waals surface area (Å²) in [5, 5.41) is 3.01. The van der Waals surface area contributed by atoms with Gasteiger partial charge in [0.05, 0.1) is 7.05 Å². The monoisotopic (exact) mass is 263 g/mol. The quantitative estimate of drug-likeness (QED) is 0.767. The first kappa shape index (κ1) is 12.3. The lowest BCUT2D eigenvalue weighted by molar-refractivity contribution is -0.885. The van der Waals surface area contributed by atoms with Crippen molar-refractivity contribution in [1.29, 1.82) is 0 Å². The van der Waals surface area contributed by atoms with Gasteiger partial charge < -0.3 is 19.7 Å². The lowest BCUT2D eigenvalue weighted by Gasteiger charge is -2.14. The second kappa shape index (κ2) is 5.09. The Labute approximate surface area is 112 Å². The molecular formula is C14H19N2O3+. The molecule has 1 unspecified atom stereocenters. The molecule has 1 atom stereocenters. The van der Waals surface area contributed by atoms with Crippen molar-refractivity contribution in [1.82, 2.24) is 5.32 Å². The number of hydrogen-bond donors (Lipinski definition) is 2. The van der Waals surface area contributed by atoms with Crippen molar-refractivity contribution < 1.29 is 19.2 Å². The van der Waals surface area contributed by atoms with E-state index in [9.17, 15) is 4.79 Å². The molecule has 1 saturated carbocycles. The molecule has 1 aliphatic carbocycles. The zero-order chi connectivity index (χ0) is 13.2. The number of ether oxygens (including phenoxy) is 2. The third kappa shape index (κ3) is 3.17. The van der Waals surface area contributed by atoms with Gasteiger partial charge in [-0.3, -0.25) is 4.79 Å². The van der Waals surface area contributed by atoms with E-state index in [0.717, 1.165) is 41.3 Å². The Balaban J connectivity index is 1.53. The lowest BCUT2D eigenvalue weighted by atomic mass is 10.2. The molecule has 1 fully saturated rings. The fourth-order valence-corrected chi connectivity index (χ4v) is 2.24. The summed E-state index contributed by atoms with van der Waals surface area (Å²) in [6.45, 7) is 1.60. The molecule has 2 N–H and O–H groups in total. The van der Waals surface area contributed by atoms with Gasteiger partial charge in [0.15, 0.2) is 18.0 Å². The van der Waals surface area contributed by atoms with E-state index in [1.807, 2.05) is 25.2 Å². The van der Waals surface area contributed by atoms with E-state index >= 15 is 0 Å². The number of rotatable bonds is 5. The Kier molecular flexibility index (Phi) is 3.29. The van der Waals surface area contributed by atoms with Crippen LogP contribution in [0.1, 0.15) is 18.4 Å². The maximum atomic E-state index is 11.7. The highest BCUT2D eigenvalue weighted by molar-refractivity contribution is 5.77. The minimum Gasteiger partial charge on any atom is -0.454 e. The highest BCUT2D eigenvalue weighted by Gasteiger charge is 2.24. The summed E-state index contributed by atoms with van der Waals surface area (Å²) in [5.74, 6) is 1.74. The summed E-state index contributed by atoms with van der Waals surface area (Å²) in [6.07, 6.45) is 2.26. The fraction of sp³-hybridized carbons (Fsp3) is 0.500. The van der Waals surface area contributed by atoms with Gasteiger partial charge in [-0.05, 0) is 31.0 Å². The van der Waals surface area contributed by atoms with Crippen LogP contribution >= 0.6 is 0 Å². The SMILES string of the molecule is C[NH+](CC(=O)NC1CC1)Cc1ccc2c(c1)OCO2. The summed E-state index contributed by atoms with van der Waals surface area (Å²) >= 11 is 0. The van der Waals surface area contributed by atoms with Crippen molar-refractivity contribution in [2.45, 2.75) is 25.4 Å². The minimum atomic E-state index is 0.140. The minimum absolute atomic E-state index is 0.140. The smallest absolute Gasteiger partial charge is 0.275 e. The number of nitrogens with one attached hydrogen (secondary N) is 2. The number of fused-ring (bicyclic) bond motifs is 1. The Morgan fingerprint density at radius 1 is 1.37 bits per heavy atom. The summed E-state index contributed by atoms with van der Waals surface area (Å²) in [5.41, 5.74) is 1.15. The van der Waals surface area contributed by atoms with E-state index < -0.39 is 0 Å². The predicted octanol–water partition coefficient (Wildman–Crippen LogP) is -0.291. The third-order valence-electron chi connectivity index (χ3n) is 3.35. The molecule has 0 saturated heterocycles. The van der Waals surface area contributed by atoms with Crippen molar-refractivity contribution in [3.63, 3.8) is 0 Å². The molecule has 3 rings (SSSR count). The van der Waals surface area contributed by atoms with E-state index in [1.165, 1.54) is 0 Å². The number of benzene rings is 1. The summed E-state index contributed by atoms with van der Waals surface area (Å²) in [6, 6.07) is 6.38. The van der Waals surface area contributed by atoms with Crippen LogP contribution in [0.15, 0.2) is 18.2 Å². The van der Waals surface area contributed by atoms with Crippen LogP contribution in [0.4, 0.5) is 0 Å². The first-order chi connectivity index (χ1) is 9.20. The summed E-state index contributed by atoms with van der Waals surface area (Å²) in [7, 11) is 2.02. The standard InChI is InChI=1S/C14H18N2O3/c1-16(8-14(17)15-11-3-4-11)7-10-2-5-12-13(6-10)19-9-18-12/h2,5-6,11H,3-4,7-9H2,1H3,(H,15,17)/p+1. The van der Waals surface area contributed by atoms with Crippen molar-refractivity contribution >= 4 is 5.91 Å². The molecule has 0 radical (unpaired) electrons. The lowest BCUT2D eigenvalue weighted by Crippen LogP contribution is -3.08. The normalized spacial score (nSPS) is 18.2. The Hall–Kier alpha value is -1.75. The highest BCUT2D eigenvalue weighted by Crippen LogP contribution is 2.32. The first-order valence-corrected chi connectivity index (χ1v) is 6.70.